The summed E-state index contributed by atoms with van der Waals surface area (Å²) in [5, 5.41) is 42.9. The minimum atomic E-state index is -0.140. The fourth-order valence-electron chi connectivity index (χ4n) is 18.0. The number of methoxy groups -OCH3 is 1. The van der Waals surface area contributed by atoms with Crippen LogP contribution in [0.2, 0.25) is 0 Å². The SMILES string of the molecule is C/C=C/C(=O)NCC(Cc1ccc(C)cc1)n1c(=N)n(Cc2ccc(C)cc2)c2ccccc21.COc1ccc(CC(=O)NCC(Cc2ccc(C)cc2)n2c(=N)n(Cc3ccc(C)cc3)c3ccccc32)cc1.Cc1ccc(CC(CCC=O)n2c(=N)n(Cc3ccc(C)cc3)c3ccccc32)cc1.Cc1ccc(CC(CN(C)C)n2c(=N)n(Cc3ccc(C)cc3)c3ccccc32)cc1. The Labute approximate surface area is 799 Å². The van der Waals surface area contributed by atoms with E-state index in [0.717, 1.165) is 92.2 Å². The predicted octanol–water partition coefficient (Wildman–Crippen LogP) is 21.1. The first-order valence-electron chi connectivity index (χ1n) is 47.2. The summed E-state index contributed by atoms with van der Waals surface area (Å²) in [7, 11) is 5.85. The molecule has 19 heteroatoms. The third kappa shape index (κ3) is 24.9. The number of ether oxygens (including phenoxy) is 1. The monoisotopic (exact) mass is 1810 g/mol. The molecule has 17 rings (SSSR count). The maximum absolute atomic E-state index is 13.0. The fourth-order valence-corrected chi connectivity index (χ4v) is 18.0. The van der Waals surface area contributed by atoms with Crippen molar-refractivity contribution in [3.05, 3.63) is 445 Å². The zero-order valence-electron chi connectivity index (χ0n) is 80.6. The number of aryl methyl sites for hydroxylation is 8. The quantitative estimate of drug-likeness (QED) is 0.0174. The molecule has 2 amide bonds. The van der Waals surface area contributed by atoms with Crippen LogP contribution in [0.5, 0.6) is 5.75 Å². The van der Waals surface area contributed by atoms with E-state index in [1.165, 1.54) is 84.0 Å². The van der Waals surface area contributed by atoms with Gasteiger partial charge in [-0.2, -0.15) is 0 Å². The molecular weight excluding hydrogens is 1680 g/mol. The van der Waals surface area contributed by atoms with Crippen molar-refractivity contribution in [2.75, 3.05) is 40.8 Å². The molecule has 4 aromatic heterocycles. The summed E-state index contributed by atoms with van der Waals surface area (Å²) in [4.78, 5) is 38.7. The second kappa shape index (κ2) is 46.1. The average molecular weight is 1810 g/mol. The van der Waals surface area contributed by atoms with E-state index in [2.05, 4.69) is 376 Å². The lowest BCUT2D eigenvalue weighted by Gasteiger charge is -2.23. The van der Waals surface area contributed by atoms with Crippen LogP contribution in [0.4, 0.5) is 0 Å². The van der Waals surface area contributed by atoms with Crippen molar-refractivity contribution < 1.29 is 19.1 Å². The first kappa shape index (κ1) is 97.1. The summed E-state index contributed by atoms with van der Waals surface area (Å²) < 4.78 is 22.0. The molecule has 4 atom stereocenters. The topological polar surface area (TPSA) is 223 Å². The Morgan fingerprint density at radius 3 is 0.860 bits per heavy atom. The number of rotatable bonds is 33. The van der Waals surface area contributed by atoms with E-state index < -0.39 is 0 Å². The molecule has 0 bridgehead atoms. The number of fused-ring (bicyclic) bond motifs is 4. The molecule has 0 aliphatic carbocycles. The number of carbonyl (C=O) groups is 3. The van der Waals surface area contributed by atoms with Crippen molar-refractivity contribution in [3.8, 4) is 5.75 Å². The Balaban J connectivity index is 0.000000146. The highest BCUT2D eigenvalue weighted by Crippen LogP contribution is 2.30. The number of aromatic nitrogens is 8. The van der Waals surface area contributed by atoms with Crippen molar-refractivity contribution in [1.29, 1.82) is 21.6 Å². The Kier molecular flexibility index (Phi) is 32.9. The van der Waals surface area contributed by atoms with Gasteiger partial charge in [-0.15, -0.1) is 0 Å². The van der Waals surface area contributed by atoms with Gasteiger partial charge in [0.1, 0.15) is 12.0 Å². The number of benzene rings is 13. The lowest BCUT2D eigenvalue weighted by molar-refractivity contribution is -0.120. The third-order valence-electron chi connectivity index (χ3n) is 25.4. The van der Waals surface area contributed by atoms with Crippen LogP contribution in [0.3, 0.4) is 0 Å². The van der Waals surface area contributed by atoms with Crippen molar-refractivity contribution in [1.82, 2.24) is 52.1 Å². The molecular formula is C117H129N15O4. The summed E-state index contributed by atoms with van der Waals surface area (Å²) in [6.07, 6.45) is 8.84. The molecule has 4 heterocycles. The third-order valence-corrected chi connectivity index (χ3v) is 25.4. The highest BCUT2D eigenvalue weighted by Gasteiger charge is 2.26. The molecule has 4 unspecified atom stereocenters. The number of nitrogens with one attached hydrogen (secondary N) is 6. The number of carbonyl (C=O) groups excluding carboxylic acids is 3. The lowest BCUT2D eigenvalue weighted by Crippen LogP contribution is -2.37. The molecule has 17 aromatic rings. The molecule has 13 aromatic carbocycles. The summed E-state index contributed by atoms with van der Waals surface area (Å²) in [6.45, 7) is 22.9. The molecule has 136 heavy (non-hydrogen) atoms. The zero-order valence-corrected chi connectivity index (χ0v) is 80.6. The first-order valence-corrected chi connectivity index (χ1v) is 47.2. The predicted molar refractivity (Wildman–Crippen MR) is 551 cm³/mol. The van der Waals surface area contributed by atoms with Gasteiger partial charge in [0.15, 0.2) is 0 Å². The van der Waals surface area contributed by atoms with Gasteiger partial charge in [-0.1, -0.05) is 305 Å². The van der Waals surface area contributed by atoms with Crippen LogP contribution in [0.25, 0.3) is 44.1 Å². The molecule has 0 saturated carbocycles. The van der Waals surface area contributed by atoms with Gasteiger partial charge in [-0.25, -0.2) is 0 Å². The van der Waals surface area contributed by atoms with E-state index in [4.69, 9.17) is 21.0 Å². The van der Waals surface area contributed by atoms with Crippen molar-refractivity contribution >= 4 is 62.2 Å². The number of hydrogen-bond acceptors (Lipinski definition) is 9. The van der Waals surface area contributed by atoms with Gasteiger partial charge in [0.25, 0.3) is 0 Å². The standard InChI is InChI=1S/C34H36N4O2.C29H32N4O.C27H32N4.C27H29N3O/c1-24-8-12-26(13-9-24)20-29(22-36-33(39)21-27-16-18-30(40-3)19-17-27)38-32-7-5-4-6-31(32)37(34(38)35)23-28-14-10-25(2)11-15-28;1-4-7-28(34)31-19-25(18-23-14-10-21(2)11-15-23)33-27-9-6-5-8-26(27)32(29(33)30)20-24-16-12-22(3)13-17-24;1-20-9-13-22(14-10-20)17-24(19-29(3)4)31-26-8-6-5-7-25(26)30(27(31)28)18-23-15-11-21(2)12-16-23;1-20-9-13-22(14-10-20)18-24(6-5-17-31)30-26-8-4-3-7-25(26)29(27(30)28)19-23-15-11-21(2)12-16-23/h4-19,29,35H,20-23H2,1-3H3,(H,36,39);4-17,25,30H,18-20H2,1-3H3,(H,31,34);5-16,24,28H,17-19H2,1-4H3;3-4,7-17,24,28H,5-6,18-19H2,1-2H3/b;7-4+,30-29?;;. The molecule has 0 fully saturated rings. The van der Waals surface area contributed by atoms with E-state index in [-0.39, 0.29) is 42.4 Å². The molecule has 0 aliphatic heterocycles. The number of amides is 2. The highest BCUT2D eigenvalue weighted by atomic mass is 16.5. The maximum Gasteiger partial charge on any atom is 0.243 e. The maximum atomic E-state index is 13.0. The summed E-state index contributed by atoms with van der Waals surface area (Å²) in [5.41, 5.74) is 30.6. The van der Waals surface area contributed by atoms with E-state index in [1.54, 1.807) is 13.2 Å². The molecule has 0 radical (unpaired) electrons. The largest absolute Gasteiger partial charge is 0.497 e. The fraction of sp³-hybridized carbons (Fsp3) is 0.256. The number of nitrogens with zero attached hydrogens (tertiary/aromatic N) is 9. The molecule has 6 N–H and O–H groups in total. The Morgan fingerprint density at radius 2 is 0.581 bits per heavy atom. The van der Waals surface area contributed by atoms with Gasteiger partial charge in [0, 0.05) is 32.1 Å². The molecule has 0 spiro atoms. The van der Waals surface area contributed by atoms with Crippen LogP contribution >= 0.6 is 0 Å². The van der Waals surface area contributed by atoms with Gasteiger partial charge in [0.2, 0.25) is 34.3 Å². The van der Waals surface area contributed by atoms with E-state index >= 15 is 0 Å². The normalized spacial score (nSPS) is 12.2. The lowest BCUT2D eigenvalue weighted by atomic mass is 10.0. The van der Waals surface area contributed by atoms with Gasteiger partial charge >= 0.3 is 0 Å². The van der Waals surface area contributed by atoms with Crippen LogP contribution in [-0.2, 0) is 72.7 Å². The van der Waals surface area contributed by atoms with E-state index in [9.17, 15) is 19.8 Å². The number of hydrogen-bond donors (Lipinski definition) is 6. The number of aldehydes is 1. The Hall–Kier alpha value is -15.0. The Bertz CT molecular complexity index is 7170. The number of allylic oxidation sites excluding steroid dienone is 1. The van der Waals surface area contributed by atoms with Crippen molar-refractivity contribution in [2.24, 2.45) is 0 Å². The minimum Gasteiger partial charge on any atom is -0.497 e. The van der Waals surface area contributed by atoms with Crippen LogP contribution in [-0.4, -0.2) is 100 Å². The number of likely N-dealkylation sites (N-methyl/N-ethyl adjacent to an activating group) is 1. The average Bonchev–Trinajstić information content (AvgIpc) is 1.63. The van der Waals surface area contributed by atoms with Crippen molar-refractivity contribution in [3.63, 3.8) is 0 Å². The van der Waals surface area contributed by atoms with Crippen LogP contribution < -0.4 is 37.8 Å². The summed E-state index contributed by atoms with van der Waals surface area (Å²) in [6, 6.07) is 109. The summed E-state index contributed by atoms with van der Waals surface area (Å²) in [5.74, 6) is 0.602. The van der Waals surface area contributed by atoms with Gasteiger partial charge in [-0.05, 0) is 225 Å². The van der Waals surface area contributed by atoms with Crippen LogP contribution in [0, 0.1) is 77.0 Å². The number of imidazole rings is 4. The first-order chi connectivity index (χ1) is 65.8. The van der Waals surface area contributed by atoms with Crippen LogP contribution in [0.1, 0.15) is 139 Å². The van der Waals surface area contributed by atoms with Gasteiger partial charge < -0.3 is 61.6 Å². The van der Waals surface area contributed by atoms with Crippen molar-refractivity contribution in [2.45, 2.75) is 158 Å². The van der Waals surface area contributed by atoms with Gasteiger partial charge in [0.05, 0.1) is 102 Å². The number of para-hydroxylation sites is 8. The summed E-state index contributed by atoms with van der Waals surface area (Å²) >= 11 is 0. The molecule has 0 aliphatic rings. The molecule has 0 saturated heterocycles. The minimum absolute atomic E-state index is 0.0459. The molecule has 696 valence electrons. The smallest absolute Gasteiger partial charge is 0.243 e. The van der Waals surface area contributed by atoms with E-state index in [1.807, 2.05) is 67.6 Å². The second-order valence-corrected chi connectivity index (χ2v) is 36.5. The van der Waals surface area contributed by atoms with E-state index in [0.29, 0.717) is 87.4 Å². The Morgan fingerprint density at radius 1 is 0.331 bits per heavy atom. The zero-order chi connectivity index (χ0) is 95.9. The second-order valence-electron chi connectivity index (χ2n) is 36.5. The highest BCUT2D eigenvalue weighted by molar-refractivity contribution is 5.87. The van der Waals surface area contributed by atoms with Crippen LogP contribution in [0.15, 0.2) is 328 Å². The van der Waals surface area contributed by atoms with Gasteiger partial charge in [-0.3, -0.25) is 31.2 Å². The molecule has 19 nitrogen and oxygen atoms in total.